The molecule has 4 heteroatoms. The zero-order valence-electron chi connectivity index (χ0n) is 8.89. The molecule has 0 radical (unpaired) electrons. The number of nitrogens with zero attached hydrogens (tertiary/aromatic N) is 2. The van der Waals surface area contributed by atoms with Crippen LogP contribution in [0.1, 0.15) is 11.3 Å². The Bertz CT molecular complexity index is 506. The number of nitrogens with two attached hydrogens (primary N) is 1. The number of anilines is 2. The Morgan fingerprint density at radius 2 is 2.25 bits per heavy atom. The number of aromatic nitrogens is 1. The van der Waals surface area contributed by atoms with Crippen LogP contribution in [0.2, 0.25) is 0 Å². The topological polar surface area (TPSA) is 42.1 Å². The van der Waals surface area contributed by atoms with Crippen molar-refractivity contribution in [3.8, 4) is 0 Å². The van der Waals surface area contributed by atoms with E-state index in [1.54, 1.807) is 0 Å². The van der Waals surface area contributed by atoms with Gasteiger partial charge in [-0.15, -0.1) is 11.3 Å². The molecule has 16 heavy (non-hydrogen) atoms. The summed E-state index contributed by atoms with van der Waals surface area (Å²) in [4.78, 5) is 6.65. The highest BCUT2D eigenvalue weighted by Crippen LogP contribution is 2.29. The molecule has 0 unspecified atom stereocenters. The van der Waals surface area contributed by atoms with Gasteiger partial charge in [0.2, 0.25) is 0 Å². The van der Waals surface area contributed by atoms with Gasteiger partial charge in [0.05, 0.1) is 17.7 Å². The highest BCUT2D eigenvalue weighted by Gasteiger charge is 2.19. The van der Waals surface area contributed by atoms with Crippen molar-refractivity contribution in [1.82, 2.24) is 4.98 Å². The minimum Gasteiger partial charge on any atom is -0.389 e. The van der Waals surface area contributed by atoms with Gasteiger partial charge >= 0.3 is 0 Å². The van der Waals surface area contributed by atoms with Gasteiger partial charge in [0.15, 0.2) is 0 Å². The monoisotopic (exact) mass is 231 g/mol. The van der Waals surface area contributed by atoms with Crippen molar-refractivity contribution in [1.29, 1.82) is 0 Å². The Labute approximate surface area is 98.5 Å². The van der Waals surface area contributed by atoms with E-state index in [1.807, 2.05) is 5.51 Å². The summed E-state index contributed by atoms with van der Waals surface area (Å²) in [5.41, 5.74) is 11.4. The first-order valence-electron chi connectivity index (χ1n) is 5.35. The Hall–Kier alpha value is -1.55. The van der Waals surface area contributed by atoms with Crippen molar-refractivity contribution in [2.24, 2.45) is 0 Å². The van der Waals surface area contributed by atoms with Gasteiger partial charge in [0.1, 0.15) is 5.00 Å². The molecule has 82 valence electrons. The van der Waals surface area contributed by atoms with E-state index in [2.05, 4.69) is 34.1 Å². The third kappa shape index (κ3) is 1.55. The summed E-state index contributed by atoms with van der Waals surface area (Å²) in [6, 6.07) is 8.55. The zero-order chi connectivity index (χ0) is 11.0. The molecular weight excluding hydrogens is 218 g/mol. The summed E-state index contributed by atoms with van der Waals surface area (Å²) >= 11 is 1.51. The number of benzene rings is 1. The maximum Gasteiger partial charge on any atom is 0.111 e. The Kier molecular flexibility index (Phi) is 2.29. The minimum absolute atomic E-state index is 0.826. The maximum atomic E-state index is 5.87. The second-order valence-corrected chi connectivity index (χ2v) is 4.85. The van der Waals surface area contributed by atoms with E-state index in [4.69, 9.17) is 5.73 Å². The van der Waals surface area contributed by atoms with Crippen LogP contribution in [0.4, 0.5) is 10.7 Å². The molecule has 0 saturated carbocycles. The van der Waals surface area contributed by atoms with Gasteiger partial charge < -0.3 is 10.6 Å². The van der Waals surface area contributed by atoms with Gasteiger partial charge in [-0.3, -0.25) is 0 Å². The molecule has 2 aromatic rings. The molecule has 0 saturated heterocycles. The summed E-state index contributed by atoms with van der Waals surface area (Å²) in [6.45, 7) is 1.89. The molecule has 1 aliphatic heterocycles. The van der Waals surface area contributed by atoms with Gasteiger partial charge in [-0.25, -0.2) is 4.98 Å². The highest BCUT2D eigenvalue weighted by atomic mass is 32.1. The fourth-order valence-corrected chi connectivity index (χ4v) is 2.70. The standard InChI is InChI=1S/C12H13N3S/c13-12-10(14-8-16-12)7-15-6-5-9-3-1-2-4-11(9)15/h1-4,8H,5-7,13H2. The number of thiazole rings is 1. The molecule has 1 aromatic heterocycles. The molecule has 2 heterocycles. The number of fused-ring (bicyclic) bond motifs is 1. The first-order valence-corrected chi connectivity index (χ1v) is 6.23. The molecule has 0 spiro atoms. The van der Waals surface area contributed by atoms with Crippen LogP contribution in [0.5, 0.6) is 0 Å². The number of nitrogen functional groups attached to an aromatic ring is 1. The van der Waals surface area contributed by atoms with Gasteiger partial charge in [0.25, 0.3) is 0 Å². The van der Waals surface area contributed by atoms with Gasteiger partial charge in [-0.05, 0) is 18.1 Å². The van der Waals surface area contributed by atoms with Crippen LogP contribution in [0, 0.1) is 0 Å². The fraction of sp³-hybridized carbons (Fsp3) is 0.250. The summed E-state index contributed by atoms with van der Waals surface area (Å²) in [5.74, 6) is 0. The molecule has 3 rings (SSSR count). The van der Waals surface area contributed by atoms with Crippen LogP contribution in [0.3, 0.4) is 0 Å². The van der Waals surface area contributed by atoms with Gasteiger partial charge in [-0.2, -0.15) is 0 Å². The summed E-state index contributed by atoms with van der Waals surface area (Å²) in [6.07, 6.45) is 1.13. The second-order valence-electron chi connectivity index (χ2n) is 3.96. The van der Waals surface area contributed by atoms with Crippen LogP contribution < -0.4 is 10.6 Å². The van der Waals surface area contributed by atoms with E-state index < -0.39 is 0 Å². The predicted octanol–water partition coefficient (Wildman–Crippen LogP) is 2.29. The smallest absolute Gasteiger partial charge is 0.111 e. The van der Waals surface area contributed by atoms with Crippen molar-refractivity contribution in [2.75, 3.05) is 17.2 Å². The van der Waals surface area contributed by atoms with Crippen LogP contribution in [-0.2, 0) is 13.0 Å². The molecule has 1 aromatic carbocycles. The van der Waals surface area contributed by atoms with Crippen LogP contribution >= 0.6 is 11.3 Å². The molecule has 1 aliphatic rings. The normalized spacial score (nSPS) is 14.1. The average molecular weight is 231 g/mol. The first kappa shape index (κ1) is 9.66. The van der Waals surface area contributed by atoms with E-state index in [9.17, 15) is 0 Å². The molecular formula is C12H13N3S. The van der Waals surface area contributed by atoms with Gasteiger partial charge in [-0.1, -0.05) is 18.2 Å². The lowest BCUT2D eigenvalue weighted by molar-refractivity contribution is 0.821. The van der Waals surface area contributed by atoms with Gasteiger partial charge in [0, 0.05) is 12.2 Å². The highest BCUT2D eigenvalue weighted by molar-refractivity contribution is 7.13. The Morgan fingerprint density at radius 1 is 1.38 bits per heavy atom. The number of rotatable bonds is 2. The van der Waals surface area contributed by atoms with E-state index in [-0.39, 0.29) is 0 Å². The summed E-state index contributed by atoms with van der Waals surface area (Å²) in [7, 11) is 0. The van der Waals surface area contributed by atoms with Crippen molar-refractivity contribution in [3.05, 3.63) is 41.0 Å². The van der Waals surface area contributed by atoms with E-state index in [0.717, 1.165) is 30.2 Å². The van der Waals surface area contributed by atoms with E-state index in [0.29, 0.717) is 0 Å². The third-order valence-corrected chi connectivity index (χ3v) is 3.70. The third-order valence-electron chi connectivity index (χ3n) is 3.00. The van der Waals surface area contributed by atoms with Crippen molar-refractivity contribution in [2.45, 2.75) is 13.0 Å². The second kappa shape index (κ2) is 3.79. The first-order chi connectivity index (χ1) is 7.84. The van der Waals surface area contributed by atoms with Crippen LogP contribution in [0.15, 0.2) is 29.8 Å². The quantitative estimate of drug-likeness (QED) is 0.862. The zero-order valence-corrected chi connectivity index (χ0v) is 9.70. The van der Waals surface area contributed by atoms with E-state index >= 15 is 0 Å². The molecule has 0 atom stereocenters. The fourth-order valence-electron chi connectivity index (χ4n) is 2.15. The molecule has 2 N–H and O–H groups in total. The summed E-state index contributed by atoms with van der Waals surface area (Å²) < 4.78 is 0. The Balaban J connectivity index is 1.86. The number of para-hydroxylation sites is 1. The van der Waals surface area contributed by atoms with Crippen molar-refractivity contribution >= 4 is 22.0 Å². The molecule has 3 nitrogen and oxygen atoms in total. The van der Waals surface area contributed by atoms with Crippen LogP contribution in [0.25, 0.3) is 0 Å². The minimum atomic E-state index is 0.826. The molecule has 0 fully saturated rings. The molecule has 0 amide bonds. The van der Waals surface area contributed by atoms with E-state index in [1.165, 1.54) is 22.6 Å². The largest absolute Gasteiger partial charge is 0.389 e. The maximum absolute atomic E-state index is 5.87. The molecule has 0 bridgehead atoms. The SMILES string of the molecule is Nc1scnc1CN1CCc2ccccc21. The van der Waals surface area contributed by atoms with Crippen molar-refractivity contribution < 1.29 is 0 Å². The lowest BCUT2D eigenvalue weighted by Gasteiger charge is -2.18. The predicted molar refractivity (Wildman–Crippen MR) is 67.7 cm³/mol. The number of hydrogen-bond donors (Lipinski definition) is 1. The lowest BCUT2D eigenvalue weighted by Crippen LogP contribution is -2.20. The number of hydrogen-bond acceptors (Lipinski definition) is 4. The lowest BCUT2D eigenvalue weighted by atomic mass is 10.2. The summed E-state index contributed by atoms with van der Waals surface area (Å²) in [5, 5.41) is 0.837. The molecule has 0 aliphatic carbocycles. The average Bonchev–Trinajstić information content (AvgIpc) is 2.88. The van der Waals surface area contributed by atoms with Crippen molar-refractivity contribution in [3.63, 3.8) is 0 Å². The van der Waals surface area contributed by atoms with Crippen LogP contribution in [-0.4, -0.2) is 11.5 Å². The Morgan fingerprint density at radius 3 is 3.06 bits per heavy atom.